The quantitative estimate of drug-likeness (QED) is 0.569. The fourth-order valence-electron chi connectivity index (χ4n) is 2.47. The molecule has 0 bridgehead atoms. The van der Waals surface area contributed by atoms with E-state index in [0.29, 0.717) is 0 Å². The van der Waals surface area contributed by atoms with Gasteiger partial charge in [-0.3, -0.25) is 0 Å². The van der Waals surface area contributed by atoms with Crippen LogP contribution < -0.4 is 5.46 Å². The van der Waals surface area contributed by atoms with Gasteiger partial charge in [-0.2, -0.15) is 0 Å². The van der Waals surface area contributed by atoms with E-state index in [0.717, 1.165) is 16.2 Å². The molecule has 2 aromatic rings. The van der Waals surface area contributed by atoms with Gasteiger partial charge < -0.3 is 9.31 Å². The molecule has 0 N–H and O–H groups in total. The Morgan fingerprint density at radius 1 is 0.958 bits per heavy atom. The lowest BCUT2D eigenvalue weighted by Crippen LogP contribution is -2.41. The summed E-state index contributed by atoms with van der Waals surface area (Å²) >= 11 is 7.80. The van der Waals surface area contributed by atoms with Gasteiger partial charge in [0.2, 0.25) is 0 Å². The van der Waals surface area contributed by atoms with E-state index in [-0.39, 0.29) is 18.3 Å². The van der Waals surface area contributed by atoms with Crippen LogP contribution in [-0.2, 0) is 15.1 Å². The third-order valence-corrected chi connectivity index (χ3v) is 6.01. The Morgan fingerprint density at radius 3 is 2.17 bits per heavy atom. The van der Waals surface area contributed by atoms with Crippen LogP contribution in [0.1, 0.15) is 33.3 Å². The minimum absolute atomic E-state index is 0.301. The van der Waals surface area contributed by atoms with E-state index in [1.165, 1.54) is 10.5 Å². The Hall–Kier alpha value is -0.935. The molecule has 0 aliphatic carbocycles. The van der Waals surface area contributed by atoms with Crippen molar-refractivity contribution in [3.8, 4) is 0 Å². The fraction of sp³-hybridized carbons (Fsp3) is 0.368. The maximum atomic E-state index is 6.09. The molecule has 2 aromatic carbocycles. The molecule has 0 atom stereocenters. The van der Waals surface area contributed by atoms with Crippen molar-refractivity contribution in [2.24, 2.45) is 0 Å². The summed E-state index contributed by atoms with van der Waals surface area (Å²) in [6.07, 6.45) is 0. The van der Waals surface area contributed by atoms with E-state index >= 15 is 0 Å². The second-order valence-electron chi connectivity index (χ2n) is 7.08. The lowest BCUT2D eigenvalue weighted by atomic mass is 9.79. The van der Waals surface area contributed by atoms with Crippen LogP contribution in [0.15, 0.2) is 53.4 Å². The van der Waals surface area contributed by atoms with E-state index in [1.54, 1.807) is 11.8 Å². The van der Waals surface area contributed by atoms with Crippen LogP contribution in [0.2, 0.25) is 5.02 Å². The van der Waals surface area contributed by atoms with Gasteiger partial charge in [0.05, 0.1) is 11.2 Å². The first-order valence-corrected chi connectivity index (χ1v) is 9.46. The summed E-state index contributed by atoms with van der Waals surface area (Å²) in [5.41, 5.74) is 1.71. The third kappa shape index (κ3) is 3.83. The summed E-state index contributed by atoms with van der Waals surface area (Å²) in [6.45, 7) is 8.29. The smallest absolute Gasteiger partial charge is 0.399 e. The number of hydrogen-bond acceptors (Lipinski definition) is 3. The highest BCUT2D eigenvalue weighted by molar-refractivity contribution is 7.98. The van der Waals surface area contributed by atoms with Crippen molar-refractivity contribution in [1.29, 1.82) is 0 Å². The van der Waals surface area contributed by atoms with E-state index < -0.39 is 0 Å². The first-order valence-electron chi connectivity index (χ1n) is 8.10. The van der Waals surface area contributed by atoms with E-state index in [2.05, 4.69) is 58.0 Å². The van der Waals surface area contributed by atoms with Crippen molar-refractivity contribution >= 4 is 35.9 Å². The molecule has 24 heavy (non-hydrogen) atoms. The first-order chi connectivity index (χ1) is 11.3. The minimum Gasteiger partial charge on any atom is -0.399 e. The molecule has 1 saturated heterocycles. The normalized spacial score (nSPS) is 18.8. The predicted molar refractivity (Wildman–Crippen MR) is 103 cm³/mol. The molecular formula is C19H22BClO2S. The number of benzene rings is 2. The third-order valence-electron chi connectivity index (χ3n) is 4.71. The molecule has 2 nitrogen and oxygen atoms in total. The molecule has 1 aliphatic heterocycles. The topological polar surface area (TPSA) is 18.5 Å². The lowest BCUT2D eigenvalue weighted by molar-refractivity contribution is 0.00578. The zero-order chi connectivity index (χ0) is 17.4. The molecule has 1 aliphatic rings. The summed E-state index contributed by atoms with van der Waals surface area (Å²) < 4.78 is 12.2. The van der Waals surface area contributed by atoms with Crippen LogP contribution in [-0.4, -0.2) is 18.3 Å². The Bertz CT molecular complexity index is 700. The molecule has 126 valence electrons. The van der Waals surface area contributed by atoms with Crippen LogP contribution in [0.5, 0.6) is 0 Å². The maximum absolute atomic E-state index is 6.09. The highest BCUT2D eigenvalue weighted by atomic mass is 35.5. The fourth-order valence-corrected chi connectivity index (χ4v) is 3.64. The Labute approximate surface area is 154 Å². The average Bonchev–Trinajstić information content (AvgIpc) is 2.74. The molecule has 3 rings (SSSR count). The molecule has 1 heterocycles. The van der Waals surface area contributed by atoms with Crippen molar-refractivity contribution < 1.29 is 9.31 Å². The van der Waals surface area contributed by atoms with Crippen LogP contribution in [0.3, 0.4) is 0 Å². The van der Waals surface area contributed by atoms with Gasteiger partial charge in [0, 0.05) is 15.7 Å². The summed E-state index contributed by atoms with van der Waals surface area (Å²) in [7, 11) is -0.301. The van der Waals surface area contributed by atoms with Gasteiger partial charge >= 0.3 is 7.12 Å². The van der Waals surface area contributed by atoms with Crippen LogP contribution >= 0.6 is 23.4 Å². The summed E-state index contributed by atoms with van der Waals surface area (Å²) in [4.78, 5) is 1.18. The van der Waals surface area contributed by atoms with Gasteiger partial charge in [-0.05, 0) is 56.9 Å². The molecule has 0 aromatic heterocycles. The molecule has 0 spiro atoms. The minimum atomic E-state index is -0.307. The van der Waals surface area contributed by atoms with E-state index in [9.17, 15) is 0 Å². The van der Waals surface area contributed by atoms with Gasteiger partial charge in [-0.25, -0.2) is 0 Å². The first kappa shape index (κ1) is 17.9. The van der Waals surface area contributed by atoms with Crippen molar-refractivity contribution in [1.82, 2.24) is 0 Å². The molecule has 0 radical (unpaired) electrons. The van der Waals surface area contributed by atoms with Crippen molar-refractivity contribution in [2.45, 2.75) is 49.5 Å². The molecule has 1 fully saturated rings. The van der Waals surface area contributed by atoms with Crippen LogP contribution in [0.25, 0.3) is 0 Å². The SMILES string of the molecule is CC1(C)OB(c2ccc(CSc3cccc(Cl)c3)cc2)OC1(C)C. The largest absolute Gasteiger partial charge is 0.494 e. The predicted octanol–water partition coefficient (Wildman–Crippen LogP) is 4.93. The van der Waals surface area contributed by atoms with Crippen molar-refractivity contribution in [2.75, 3.05) is 0 Å². The van der Waals surface area contributed by atoms with Crippen LogP contribution in [0.4, 0.5) is 0 Å². The Kier molecular flexibility index (Phi) is 5.03. The van der Waals surface area contributed by atoms with Gasteiger partial charge in [-0.15, -0.1) is 11.8 Å². The number of thioether (sulfide) groups is 1. The van der Waals surface area contributed by atoms with Gasteiger partial charge in [0.1, 0.15) is 0 Å². The lowest BCUT2D eigenvalue weighted by Gasteiger charge is -2.32. The van der Waals surface area contributed by atoms with E-state index in [1.807, 2.05) is 18.2 Å². The Morgan fingerprint density at radius 2 is 1.58 bits per heavy atom. The van der Waals surface area contributed by atoms with Gasteiger partial charge in [0.25, 0.3) is 0 Å². The summed E-state index contributed by atoms with van der Waals surface area (Å²) in [5.74, 6) is 0.907. The molecule has 0 amide bonds. The van der Waals surface area contributed by atoms with Crippen molar-refractivity contribution in [3.05, 3.63) is 59.1 Å². The zero-order valence-corrected chi connectivity index (χ0v) is 16.1. The molecule has 5 heteroatoms. The summed E-state index contributed by atoms with van der Waals surface area (Å²) in [6, 6.07) is 16.4. The molecule has 0 unspecified atom stereocenters. The number of hydrogen-bond donors (Lipinski definition) is 0. The maximum Gasteiger partial charge on any atom is 0.494 e. The Balaban J connectivity index is 1.64. The number of halogens is 1. The highest BCUT2D eigenvalue weighted by Gasteiger charge is 2.51. The second-order valence-corrected chi connectivity index (χ2v) is 8.56. The number of rotatable bonds is 4. The van der Waals surface area contributed by atoms with Gasteiger partial charge in [-0.1, -0.05) is 41.9 Å². The average molecular weight is 361 g/mol. The molecular weight excluding hydrogens is 339 g/mol. The molecule has 0 saturated carbocycles. The van der Waals surface area contributed by atoms with E-state index in [4.69, 9.17) is 20.9 Å². The zero-order valence-electron chi connectivity index (χ0n) is 14.5. The van der Waals surface area contributed by atoms with Crippen molar-refractivity contribution in [3.63, 3.8) is 0 Å². The standard InChI is InChI=1S/C19H22BClO2S/c1-18(2)19(3,4)23-20(22-18)15-10-8-14(9-11-15)13-24-17-7-5-6-16(21)12-17/h5-12H,13H2,1-4H3. The monoisotopic (exact) mass is 360 g/mol. The summed E-state index contributed by atoms with van der Waals surface area (Å²) in [5, 5.41) is 0.774. The van der Waals surface area contributed by atoms with Gasteiger partial charge in [0.15, 0.2) is 0 Å². The second kappa shape index (κ2) is 6.76. The van der Waals surface area contributed by atoms with Crippen LogP contribution in [0, 0.1) is 0 Å². The highest BCUT2D eigenvalue weighted by Crippen LogP contribution is 2.36.